The summed E-state index contributed by atoms with van der Waals surface area (Å²) in [4.78, 5) is 35.1. The molecule has 2 heterocycles. The molecular weight excluding hydrogens is 382 g/mol. The zero-order valence-corrected chi connectivity index (χ0v) is 17.1. The third-order valence-electron chi connectivity index (χ3n) is 4.01. The number of carbonyl (C=O) groups is 2. The minimum atomic E-state index is -0.442. The number of esters is 1. The van der Waals surface area contributed by atoms with E-state index >= 15 is 0 Å². The van der Waals surface area contributed by atoms with E-state index < -0.39 is 5.97 Å². The first-order valence-corrected chi connectivity index (χ1v) is 10.0. The van der Waals surface area contributed by atoms with Gasteiger partial charge in [0.05, 0.1) is 18.4 Å². The first kappa shape index (κ1) is 19.3. The van der Waals surface area contributed by atoms with Gasteiger partial charge >= 0.3 is 5.97 Å². The van der Waals surface area contributed by atoms with E-state index in [-0.39, 0.29) is 11.7 Å². The highest BCUT2D eigenvalue weighted by molar-refractivity contribution is 8.00. The van der Waals surface area contributed by atoms with Crippen LogP contribution in [-0.4, -0.2) is 34.7 Å². The first-order valence-electron chi connectivity index (χ1n) is 8.24. The van der Waals surface area contributed by atoms with Crippen molar-refractivity contribution in [2.75, 3.05) is 18.2 Å². The normalized spacial score (nSPS) is 10.8. The number of methoxy groups -OCH3 is 1. The molecule has 6 nitrogen and oxygen atoms in total. The van der Waals surface area contributed by atoms with Crippen LogP contribution in [0.25, 0.3) is 10.2 Å². The Morgan fingerprint density at radius 2 is 2.00 bits per heavy atom. The highest BCUT2D eigenvalue weighted by atomic mass is 32.2. The van der Waals surface area contributed by atoms with Crippen LogP contribution in [0.1, 0.15) is 26.6 Å². The van der Waals surface area contributed by atoms with Gasteiger partial charge in [0.15, 0.2) is 0 Å². The second-order valence-electron chi connectivity index (χ2n) is 5.95. The summed E-state index contributed by atoms with van der Waals surface area (Å²) in [7, 11) is 1.32. The second-order valence-corrected chi connectivity index (χ2v) is 8.12. The molecule has 2 aromatic heterocycles. The molecule has 0 saturated heterocycles. The van der Waals surface area contributed by atoms with Gasteiger partial charge in [0.25, 0.3) is 0 Å². The van der Waals surface area contributed by atoms with E-state index in [9.17, 15) is 9.59 Å². The van der Waals surface area contributed by atoms with Crippen LogP contribution in [0.4, 0.5) is 5.69 Å². The summed E-state index contributed by atoms with van der Waals surface area (Å²) in [6, 6.07) is 6.66. The van der Waals surface area contributed by atoms with Crippen molar-refractivity contribution in [3.63, 3.8) is 0 Å². The highest BCUT2D eigenvalue weighted by Gasteiger charge is 2.15. The standard InChI is InChI=1S/C19H19N3O3S2/c1-10-11(2)27-18-16(10)17(20-12(3)21-18)26-9-15(23)22-14-7-5-6-13(8-14)19(24)25-4/h5-8H,9H2,1-4H3,(H,22,23). The molecule has 140 valence electrons. The van der Waals surface area contributed by atoms with Crippen LogP contribution >= 0.6 is 23.1 Å². The Kier molecular flexibility index (Phi) is 5.76. The summed E-state index contributed by atoms with van der Waals surface area (Å²) >= 11 is 3.03. The van der Waals surface area contributed by atoms with E-state index in [0.29, 0.717) is 17.1 Å². The van der Waals surface area contributed by atoms with Crippen molar-refractivity contribution in [3.8, 4) is 0 Å². The topological polar surface area (TPSA) is 81.2 Å². The molecule has 0 fully saturated rings. The molecule has 0 radical (unpaired) electrons. The Morgan fingerprint density at radius 1 is 1.22 bits per heavy atom. The zero-order chi connectivity index (χ0) is 19.6. The van der Waals surface area contributed by atoms with Crippen molar-refractivity contribution in [3.05, 3.63) is 46.1 Å². The van der Waals surface area contributed by atoms with E-state index in [0.717, 1.165) is 20.8 Å². The van der Waals surface area contributed by atoms with Gasteiger partial charge in [-0.2, -0.15) is 0 Å². The maximum atomic E-state index is 12.4. The maximum absolute atomic E-state index is 12.4. The van der Waals surface area contributed by atoms with Gasteiger partial charge in [-0.3, -0.25) is 4.79 Å². The number of anilines is 1. The summed E-state index contributed by atoms with van der Waals surface area (Å²) < 4.78 is 4.70. The average molecular weight is 402 g/mol. The number of amides is 1. The minimum Gasteiger partial charge on any atom is -0.465 e. The molecular formula is C19H19N3O3S2. The average Bonchev–Trinajstić information content (AvgIpc) is 2.93. The summed E-state index contributed by atoms with van der Waals surface area (Å²) in [6.45, 7) is 5.97. The minimum absolute atomic E-state index is 0.170. The van der Waals surface area contributed by atoms with Crippen molar-refractivity contribution >= 4 is 50.9 Å². The first-order chi connectivity index (χ1) is 12.9. The number of hydrogen-bond acceptors (Lipinski definition) is 7. The van der Waals surface area contributed by atoms with E-state index in [2.05, 4.69) is 29.1 Å². The lowest BCUT2D eigenvalue weighted by Gasteiger charge is -2.08. The molecule has 0 aliphatic heterocycles. The van der Waals surface area contributed by atoms with Crippen molar-refractivity contribution in [2.24, 2.45) is 0 Å². The lowest BCUT2D eigenvalue weighted by atomic mass is 10.2. The lowest BCUT2D eigenvalue weighted by molar-refractivity contribution is -0.113. The number of rotatable bonds is 5. The van der Waals surface area contributed by atoms with Crippen LogP contribution in [0, 0.1) is 20.8 Å². The van der Waals surface area contributed by atoms with Gasteiger partial charge in [-0.15, -0.1) is 11.3 Å². The molecule has 0 aliphatic carbocycles. The number of thiophene rings is 1. The van der Waals surface area contributed by atoms with E-state index in [4.69, 9.17) is 4.74 Å². The number of aryl methyl sites for hydroxylation is 3. The van der Waals surface area contributed by atoms with Gasteiger partial charge in [-0.25, -0.2) is 14.8 Å². The second kappa shape index (κ2) is 8.06. The highest BCUT2D eigenvalue weighted by Crippen LogP contribution is 2.35. The third kappa shape index (κ3) is 4.28. The van der Waals surface area contributed by atoms with E-state index in [1.54, 1.807) is 35.6 Å². The van der Waals surface area contributed by atoms with Crippen molar-refractivity contribution in [1.82, 2.24) is 9.97 Å². The zero-order valence-electron chi connectivity index (χ0n) is 15.5. The number of nitrogens with one attached hydrogen (secondary N) is 1. The molecule has 27 heavy (non-hydrogen) atoms. The molecule has 1 amide bonds. The molecule has 0 bridgehead atoms. The molecule has 0 unspecified atom stereocenters. The number of fused-ring (bicyclic) bond motifs is 1. The molecule has 0 aliphatic rings. The third-order valence-corrected chi connectivity index (χ3v) is 6.09. The lowest BCUT2D eigenvalue weighted by Crippen LogP contribution is -2.14. The molecule has 0 atom stereocenters. The van der Waals surface area contributed by atoms with Crippen LogP contribution in [-0.2, 0) is 9.53 Å². The van der Waals surface area contributed by atoms with Crippen molar-refractivity contribution in [2.45, 2.75) is 25.8 Å². The van der Waals surface area contributed by atoms with Crippen molar-refractivity contribution < 1.29 is 14.3 Å². The number of carbonyl (C=O) groups excluding carboxylic acids is 2. The fourth-order valence-electron chi connectivity index (χ4n) is 2.59. The van der Waals surface area contributed by atoms with Crippen LogP contribution in [0.5, 0.6) is 0 Å². The Balaban J connectivity index is 1.73. The maximum Gasteiger partial charge on any atom is 0.337 e. The molecule has 3 aromatic rings. The van der Waals surface area contributed by atoms with Crippen molar-refractivity contribution in [1.29, 1.82) is 0 Å². The van der Waals surface area contributed by atoms with E-state index in [1.807, 2.05) is 6.92 Å². The van der Waals surface area contributed by atoms with Gasteiger partial charge in [-0.05, 0) is 44.5 Å². The number of hydrogen-bond donors (Lipinski definition) is 1. The SMILES string of the molecule is COC(=O)c1cccc(NC(=O)CSc2nc(C)nc3sc(C)c(C)c23)c1. The molecule has 1 N–H and O–H groups in total. The number of benzene rings is 1. The summed E-state index contributed by atoms with van der Waals surface area (Å²) in [5.41, 5.74) is 2.10. The predicted octanol–water partition coefficient (Wildman–Crippen LogP) is 4.13. The summed E-state index contributed by atoms with van der Waals surface area (Å²) in [5.74, 6) is 0.290. The van der Waals surface area contributed by atoms with Gasteiger partial charge < -0.3 is 10.1 Å². The molecule has 0 spiro atoms. The Morgan fingerprint density at radius 3 is 2.74 bits per heavy atom. The number of ether oxygens (including phenoxy) is 1. The van der Waals surface area contributed by atoms with Gasteiger partial charge in [0.2, 0.25) is 5.91 Å². The summed E-state index contributed by atoms with van der Waals surface area (Å²) in [5, 5.41) is 4.64. The Hall–Kier alpha value is -2.45. The largest absolute Gasteiger partial charge is 0.465 e. The predicted molar refractivity (Wildman–Crippen MR) is 109 cm³/mol. The smallest absolute Gasteiger partial charge is 0.337 e. The number of aromatic nitrogens is 2. The van der Waals surface area contributed by atoms with Crippen LogP contribution in [0.15, 0.2) is 29.3 Å². The molecule has 8 heteroatoms. The number of thioether (sulfide) groups is 1. The Bertz CT molecular complexity index is 1030. The summed E-state index contributed by atoms with van der Waals surface area (Å²) in [6.07, 6.45) is 0. The quantitative estimate of drug-likeness (QED) is 0.393. The van der Waals surface area contributed by atoms with E-state index in [1.165, 1.54) is 23.7 Å². The van der Waals surface area contributed by atoms with Crippen LogP contribution < -0.4 is 5.32 Å². The molecule has 3 rings (SSSR count). The monoisotopic (exact) mass is 401 g/mol. The van der Waals surface area contributed by atoms with Gasteiger partial charge in [0, 0.05) is 16.0 Å². The van der Waals surface area contributed by atoms with Gasteiger partial charge in [-0.1, -0.05) is 17.8 Å². The van der Waals surface area contributed by atoms with Crippen LogP contribution in [0.3, 0.4) is 0 Å². The number of nitrogens with zero attached hydrogens (tertiary/aromatic N) is 2. The Labute approximate surface area is 165 Å². The molecule has 1 aromatic carbocycles. The fourth-order valence-corrected chi connectivity index (χ4v) is 4.66. The fraction of sp³-hybridized carbons (Fsp3) is 0.263. The van der Waals surface area contributed by atoms with Crippen LogP contribution in [0.2, 0.25) is 0 Å². The van der Waals surface area contributed by atoms with Gasteiger partial charge in [0.1, 0.15) is 15.7 Å². The molecule has 0 saturated carbocycles.